The second-order valence-corrected chi connectivity index (χ2v) is 6.58. The van der Waals surface area contributed by atoms with Gasteiger partial charge in [-0.3, -0.25) is 9.20 Å². The highest BCUT2D eigenvalue weighted by molar-refractivity contribution is 14.1. The van der Waals surface area contributed by atoms with E-state index in [1.807, 2.05) is 22.9 Å². The maximum Gasteiger partial charge on any atom is 0.311 e. The Hall–Kier alpha value is -1.41. The number of hydrogen-bond donors (Lipinski definition) is 0. The number of benzene rings is 1. The average Bonchev–Trinajstić information content (AvgIpc) is 3.02. The molecule has 0 saturated carbocycles. The van der Waals surface area contributed by atoms with Crippen LogP contribution in [-0.2, 0) is 16.0 Å². The molecule has 3 aromatic rings. The third-order valence-corrected chi connectivity index (χ3v) is 4.66. The smallest absolute Gasteiger partial charge is 0.311 e. The van der Waals surface area contributed by atoms with Crippen molar-refractivity contribution in [2.24, 2.45) is 0 Å². The number of aromatic nitrogens is 2. The standard InChI is InChI=1S/C15H13IN2O2S/c1-2-20-14(19)7-12-9-21-15-17-13(8-18(12)15)10-3-5-11(16)6-4-10/h3-6,8-9H,2,7H2,1H3. The zero-order chi connectivity index (χ0) is 14.8. The normalized spacial score (nSPS) is 11.0. The minimum Gasteiger partial charge on any atom is -0.466 e. The van der Waals surface area contributed by atoms with Crippen LogP contribution in [0.25, 0.3) is 16.2 Å². The van der Waals surface area contributed by atoms with E-state index in [0.29, 0.717) is 6.61 Å². The molecule has 0 radical (unpaired) electrons. The zero-order valence-electron chi connectivity index (χ0n) is 11.4. The molecular weight excluding hydrogens is 399 g/mol. The van der Waals surface area contributed by atoms with E-state index in [1.54, 1.807) is 0 Å². The van der Waals surface area contributed by atoms with Gasteiger partial charge in [0.05, 0.1) is 18.7 Å². The largest absolute Gasteiger partial charge is 0.466 e. The molecule has 1 aromatic carbocycles. The maximum atomic E-state index is 11.6. The molecule has 0 aliphatic carbocycles. The summed E-state index contributed by atoms with van der Waals surface area (Å²) < 4.78 is 8.16. The SMILES string of the molecule is CCOC(=O)Cc1csc2nc(-c3ccc(I)cc3)cn12. The molecule has 0 N–H and O–H groups in total. The third-order valence-electron chi connectivity index (χ3n) is 3.05. The molecular formula is C15H13IN2O2S. The number of carbonyl (C=O) groups excluding carboxylic acids is 1. The molecule has 6 heteroatoms. The first-order valence-electron chi connectivity index (χ1n) is 6.54. The molecule has 0 spiro atoms. The van der Waals surface area contributed by atoms with Crippen molar-refractivity contribution in [3.63, 3.8) is 0 Å². The van der Waals surface area contributed by atoms with Gasteiger partial charge in [-0.05, 0) is 41.6 Å². The van der Waals surface area contributed by atoms with Gasteiger partial charge in [-0.15, -0.1) is 11.3 Å². The molecule has 2 heterocycles. The summed E-state index contributed by atoms with van der Waals surface area (Å²) in [5.74, 6) is -0.207. The monoisotopic (exact) mass is 412 g/mol. The van der Waals surface area contributed by atoms with Crippen molar-refractivity contribution in [1.82, 2.24) is 9.38 Å². The molecule has 0 bridgehead atoms. The number of hydrogen-bond acceptors (Lipinski definition) is 4. The van der Waals surface area contributed by atoms with Gasteiger partial charge in [0.15, 0.2) is 4.96 Å². The number of carbonyl (C=O) groups is 1. The van der Waals surface area contributed by atoms with Crippen molar-refractivity contribution < 1.29 is 9.53 Å². The van der Waals surface area contributed by atoms with Crippen LogP contribution in [-0.4, -0.2) is 22.0 Å². The lowest BCUT2D eigenvalue weighted by molar-refractivity contribution is -0.142. The molecule has 3 rings (SSSR count). The van der Waals surface area contributed by atoms with Gasteiger partial charge in [0.25, 0.3) is 0 Å². The van der Waals surface area contributed by atoms with Gasteiger partial charge in [0, 0.05) is 26.4 Å². The Balaban J connectivity index is 1.92. The van der Waals surface area contributed by atoms with Gasteiger partial charge < -0.3 is 4.74 Å². The highest BCUT2D eigenvalue weighted by Crippen LogP contribution is 2.24. The molecule has 0 atom stereocenters. The summed E-state index contributed by atoms with van der Waals surface area (Å²) in [4.78, 5) is 17.1. The minimum absolute atomic E-state index is 0.207. The van der Waals surface area contributed by atoms with Gasteiger partial charge in [-0.2, -0.15) is 0 Å². The van der Waals surface area contributed by atoms with Crippen LogP contribution in [0.1, 0.15) is 12.6 Å². The fourth-order valence-electron chi connectivity index (χ4n) is 2.08. The first-order chi connectivity index (χ1) is 10.2. The Bertz CT molecular complexity index is 777. The van der Waals surface area contributed by atoms with Crippen molar-refractivity contribution in [1.29, 1.82) is 0 Å². The Labute approximate surface area is 139 Å². The highest BCUT2D eigenvalue weighted by Gasteiger charge is 2.12. The first-order valence-corrected chi connectivity index (χ1v) is 8.50. The van der Waals surface area contributed by atoms with Crippen molar-refractivity contribution >= 4 is 44.9 Å². The summed E-state index contributed by atoms with van der Waals surface area (Å²) in [6.45, 7) is 2.22. The van der Waals surface area contributed by atoms with Crippen LogP contribution in [0.2, 0.25) is 0 Å². The van der Waals surface area contributed by atoms with Crippen LogP contribution in [0.4, 0.5) is 0 Å². The average molecular weight is 412 g/mol. The molecule has 0 unspecified atom stereocenters. The van der Waals surface area contributed by atoms with Crippen molar-refractivity contribution in [3.05, 3.63) is 45.1 Å². The number of ether oxygens (including phenoxy) is 1. The second-order valence-electron chi connectivity index (χ2n) is 4.49. The predicted molar refractivity (Wildman–Crippen MR) is 91.6 cm³/mol. The number of fused-ring (bicyclic) bond motifs is 1. The first kappa shape index (κ1) is 14.5. The molecule has 21 heavy (non-hydrogen) atoms. The van der Waals surface area contributed by atoms with Crippen LogP contribution in [0.3, 0.4) is 0 Å². The van der Waals surface area contributed by atoms with E-state index in [0.717, 1.165) is 21.9 Å². The maximum absolute atomic E-state index is 11.6. The topological polar surface area (TPSA) is 43.6 Å². The van der Waals surface area contributed by atoms with Crippen LogP contribution in [0.5, 0.6) is 0 Å². The molecule has 0 fully saturated rings. The summed E-state index contributed by atoms with van der Waals surface area (Å²) >= 11 is 3.82. The summed E-state index contributed by atoms with van der Waals surface area (Å²) in [6.07, 6.45) is 2.25. The quantitative estimate of drug-likeness (QED) is 0.484. The predicted octanol–water partition coefficient (Wildman–Crippen LogP) is 3.77. The number of esters is 1. The van der Waals surface area contributed by atoms with Gasteiger partial charge >= 0.3 is 5.97 Å². The molecule has 0 amide bonds. The van der Waals surface area contributed by atoms with Gasteiger partial charge in [0.1, 0.15) is 0 Å². The summed E-state index contributed by atoms with van der Waals surface area (Å²) in [7, 11) is 0. The van der Waals surface area contributed by atoms with Crippen LogP contribution in [0.15, 0.2) is 35.8 Å². The molecule has 2 aromatic heterocycles. The lowest BCUT2D eigenvalue weighted by atomic mass is 10.2. The van der Waals surface area contributed by atoms with Gasteiger partial charge in [-0.1, -0.05) is 12.1 Å². The molecule has 0 saturated heterocycles. The van der Waals surface area contributed by atoms with Gasteiger partial charge in [0.2, 0.25) is 0 Å². The summed E-state index contributed by atoms with van der Waals surface area (Å²) in [6, 6.07) is 8.23. The van der Waals surface area contributed by atoms with E-state index < -0.39 is 0 Å². The van der Waals surface area contributed by atoms with Crippen molar-refractivity contribution in [2.45, 2.75) is 13.3 Å². The van der Waals surface area contributed by atoms with E-state index >= 15 is 0 Å². The number of rotatable bonds is 4. The Morgan fingerprint density at radius 1 is 1.38 bits per heavy atom. The van der Waals surface area contributed by atoms with E-state index in [4.69, 9.17) is 4.74 Å². The Kier molecular flexibility index (Phi) is 4.25. The number of nitrogens with zero attached hydrogens (tertiary/aromatic N) is 2. The van der Waals surface area contributed by atoms with E-state index in [2.05, 4.69) is 51.8 Å². The lowest BCUT2D eigenvalue weighted by Crippen LogP contribution is -2.08. The van der Waals surface area contributed by atoms with Crippen LogP contribution < -0.4 is 0 Å². The summed E-state index contributed by atoms with van der Waals surface area (Å²) in [5.41, 5.74) is 2.91. The van der Waals surface area contributed by atoms with Crippen molar-refractivity contribution in [3.8, 4) is 11.3 Å². The highest BCUT2D eigenvalue weighted by atomic mass is 127. The van der Waals surface area contributed by atoms with Gasteiger partial charge in [-0.25, -0.2) is 4.98 Å². The minimum atomic E-state index is -0.207. The lowest BCUT2D eigenvalue weighted by Gasteiger charge is -2.00. The van der Waals surface area contributed by atoms with Crippen molar-refractivity contribution in [2.75, 3.05) is 6.61 Å². The number of imidazole rings is 1. The number of halogens is 1. The van der Waals surface area contributed by atoms with Crippen LogP contribution in [0, 0.1) is 3.57 Å². The van der Waals surface area contributed by atoms with E-state index in [-0.39, 0.29) is 12.4 Å². The fourth-order valence-corrected chi connectivity index (χ4v) is 3.31. The second kappa shape index (κ2) is 6.15. The van der Waals surface area contributed by atoms with Crippen LogP contribution >= 0.6 is 33.9 Å². The molecule has 0 aliphatic rings. The molecule has 4 nitrogen and oxygen atoms in total. The Morgan fingerprint density at radius 2 is 2.14 bits per heavy atom. The fraction of sp³-hybridized carbons (Fsp3) is 0.200. The summed E-state index contributed by atoms with van der Waals surface area (Å²) in [5, 5.41) is 1.96. The molecule has 0 aliphatic heterocycles. The Morgan fingerprint density at radius 3 is 2.86 bits per heavy atom. The van der Waals surface area contributed by atoms with E-state index in [1.165, 1.54) is 14.9 Å². The number of thiazole rings is 1. The third kappa shape index (κ3) is 3.11. The zero-order valence-corrected chi connectivity index (χ0v) is 14.3. The van der Waals surface area contributed by atoms with E-state index in [9.17, 15) is 4.79 Å². The molecule has 108 valence electrons.